The number of thioether (sulfide) groups is 1. The first kappa shape index (κ1) is 11.0. The van der Waals surface area contributed by atoms with E-state index < -0.39 is 0 Å². The maximum atomic E-state index is 4.13. The largest absolute Gasteiger partial charge is 0.250 e. The highest BCUT2D eigenvalue weighted by molar-refractivity contribution is 9.09. The van der Waals surface area contributed by atoms with E-state index in [1.807, 2.05) is 25.5 Å². The molecule has 0 atom stereocenters. The molecule has 0 unspecified atom stereocenters. The molecule has 0 aromatic carbocycles. The molecule has 11 heavy (non-hydrogen) atoms. The molecule has 0 heterocycles. The van der Waals surface area contributed by atoms with Crippen LogP contribution in [0.4, 0.5) is 0 Å². The molecule has 0 saturated heterocycles. The molecule has 3 heteroatoms. The van der Waals surface area contributed by atoms with Gasteiger partial charge >= 0.3 is 0 Å². The van der Waals surface area contributed by atoms with E-state index in [1.54, 1.807) is 11.8 Å². The molecule has 0 aliphatic heterocycles. The van der Waals surface area contributed by atoms with Gasteiger partial charge in [0.1, 0.15) is 0 Å². The molecule has 0 radical (unpaired) electrons. The Kier molecular flexibility index (Phi) is 6.66. The zero-order valence-electron chi connectivity index (χ0n) is 6.80. The molecule has 0 amide bonds. The Morgan fingerprint density at radius 2 is 2.36 bits per heavy atom. The molecule has 0 spiro atoms. The van der Waals surface area contributed by atoms with Gasteiger partial charge in [0.05, 0.1) is 5.03 Å². The van der Waals surface area contributed by atoms with E-state index in [0.29, 0.717) is 0 Å². The van der Waals surface area contributed by atoms with E-state index >= 15 is 0 Å². The minimum Gasteiger partial charge on any atom is -0.250 e. The van der Waals surface area contributed by atoms with Crippen LogP contribution >= 0.6 is 27.7 Å². The first-order chi connectivity index (χ1) is 5.24. The Labute approximate surface area is 80.8 Å². The third-order valence-electron chi connectivity index (χ3n) is 1.14. The van der Waals surface area contributed by atoms with Crippen LogP contribution in [0.15, 0.2) is 28.2 Å². The molecular formula is C8H12BrNS. The van der Waals surface area contributed by atoms with Crippen LogP contribution in [0.1, 0.15) is 6.92 Å². The number of rotatable bonds is 4. The number of alkyl halides is 1. The van der Waals surface area contributed by atoms with Gasteiger partial charge in [0.2, 0.25) is 0 Å². The highest BCUT2D eigenvalue weighted by Gasteiger charge is 1.87. The van der Waals surface area contributed by atoms with E-state index in [9.17, 15) is 0 Å². The second-order valence-electron chi connectivity index (χ2n) is 1.85. The minimum absolute atomic E-state index is 0.838. The van der Waals surface area contributed by atoms with Crippen molar-refractivity contribution in [2.75, 3.05) is 11.6 Å². The van der Waals surface area contributed by atoms with Crippen molar-refractivity contribution in [2.45, 2.75) is 6.92 Å². The Bertz CT molecular complexity index is 185. The number of halogens is 1. The van der Waals surface area contributed by atoms with Crippen LogP contribution in [0.2, 0.25) is 0 Å². The average molecular weight is 234 g/mol. The number of hydrogen-bond donors (Lipinski definition) is 0. The van der Waals surface area contributed by atoms with Crippen molar-refractivity contribution < 1.29 is 0 Å². The van der Waals surface area contributed by atoms with Crippen molar-refractivity contribution in [1.29, 1.82) is 0 Å². The van der Waals surface area contributed by atoms with Gasteiger partial charge in [-0.15, -0.1) is 11.8 Å². The Hall–Kier alpha value is -0.0200. The highest BCUT2D eigenvalue weighted by atomic mass is 79.9. The zero-order valence-corrected chi connectivity index (χ0v) is 9.20. The Morgan fingerprint density at radius 3 is 2.73 bits per heavy atom. The van der Waals surface area contributed by atoms with Gasteiger partial charge in [-0.25, -0.2) is 0 Å². The maximum Gasteiger partial charge on any atom is 0.0885 e. The number of nitrogens with zero attached hydrogens (tertiary/aromatic N) is 1. The molecule has 0 rings (SSSR count). The third kappa shape index (κ3) is 5.27. The molecule has 1 nitrogen and oxygen atoms in total. The van der Waals surface area contributed by atoms with Crippen LogP contribution in [-0.4, -0.2) is 17.8 Å². The molecule has 0 aliphatic rings. The zero-order chi connectivity index (χ0) is 8.69. The fraction of sp³-hybridized carbons (Fsp3) is 0.375. The quantitative estimate of drug-likeness (QED) is 0.537. The summed E-state index contributed by atoms with van der Waals surface area (Å²) in [4.78, 5) is 4.13. The first-order valence-corrected chi connectivity index (χ1v) is 5.57. The van der Waals surface area contributed by atoms with E-state index in [4.69, 9.17) is 0 Å². The number of aliphatic imine (C=N–C) groups is 1. The molecular weight excluding hydrogens is 222 g/mol. The minimum atomic E-state index is 0.838. The van der Waals surface area contributed by atoms with Crippen LogP contribution in [0.5, 0.6) is 0 Å². The van der Waals surface area contributed by atoms with Gasteiger partial charge in [-0.3, -0.25) is 4.99 Å². The summed E-state index contributed by atoms with van der Waals surface area (Å²) < 4.78 is 0. The van der Waals surface area contributed by atoms with Crippen LogP contribution in [0.3, 0.4) is 0 Å². The lowest BCUT2D eigenvalue weighted by atomic mass is 10.3. The lowest BCUT2D eigenvalue weighted by molar-refractivity contribution is 1.51. The summed E-state index contributed by atoms with van der Waals surface area (Å²) in [6.45, 7) is 5.73. The van der Waals surface area contributed by atoms with Gasteiger partial charge in [0, 0.05) is 11.5 Å². The van der Waals surface area contributed by atoms with Crippen molar-refractivity contribution in [3.8, 4) is 0 Å². The second-order valence-corrected chi connectivity index (χ2v) is 3.29. The normalized spacial score (nSPS) is 12.5. The number of hydrogen-bond acceptors (Lipinski definition) is 2. The summed E-state index contributed by atoms with van der Waals surface area (Å²) in [5.74, 6) is 0. The third-order valence-corrected chi connectivity index (χ3v) is 2.36. The fourth-order valence-corrected chi connectivity index (χ4v) is 1.02. The lowest BCUT2D eigenvalue weighted by Gasteiger charge is -1.93. The van der Waals surface area contributed by atoms with E-state index in [-0.39, 0.29) is 0 Å². The van der Waals surface area contributed by atoms with E-state index in [2.05, 4.69) is 27.5 Å². The molecule has 0 N–H and O–H groups in total. The van der Waals surface area contributed by atoms with Gasteiger partial charge in [0.15, 0.2) is 0 Å². The second kappa shape index (κ2) is 6.68. The van der Waals surface area contributed by atoms with Gasteiger partial charge in [-0.2, -0.15) is 0 Å². The summed E-state index contributed by atoms with van der Waals surface area (Å²) in [5.41, 5.74) is 1.17. The van der Waals surface area contributed by atoms with Crippen molar-refractivity contribution in [3.63, 3.8) is 0 Å². The average Bonchev–Trinajstić information content (AvgIpc) is 2.06. The summed E-state index contributed by atoms with van der Waals surface area (Å²) in [6, 6.07) is 0. The predicted octanol–water partition coefficient (Wildman–Crippen LogP) is 3.23. The van der Waals surface area contributed by atoms with Gasteiger partial charge in [0.25, 0.3) is 0 Å². The summed E-state index contributed by atoms with van der Waals surface area (Å²) in [6.07, 6.45) is 5.81. The standard InChI is InChI=1S/C8H12BrNS/c1-4-8(5-9)6-10-7(2)11-3/h4,6H,2,5H2,1,3H3/b8-4-,10-6-. The SMILES string of the molecule is C=C(/N=C\C(=C/C)CBr)SC. The Morgan fingerprint density at radius 1 is 1.73 bits per heavy atom. The molecule has 62 valence electrons. The first-order valence-electron chi connectivity index (χ1n) is 3.22. The molecule has 0 aliphatic carbocycles. The summed E-state index contributed by atoms with van der Waals surface area (Å²) in [7, 11) is 0. The fourth-order valence-electron chi connectivity index (χ4n) is 0.394. The van der Waals surface area contributed by atoms with E-state index in [0.717, 1.165) is 10.4 Å². The summed E-state index contributed by atoms with van der Waals surface area (Å²) in [5, 5.41) is 1.68. The lowest BCUT2D eigenvalue weighted by Crippen LogP contribution is -1.84. The maximum absolute atomic E-state index is 4.13. The van der Waals surface area contributed by atoms with Crippen molar-refractivity contribution >= 4 is 33.9 Å². The summed E-state index contributed by atoms with van der Waals surface area (Å²) >= 11 is 4.90. The van der Waals surface area contributed by atoms with Gasteiger partial charge in [-0.1, -0.05) is 28.6 Å². The smallest absolute Gasteiger partial charge is 0.0885 e. The molecule has 0 aromatic heterocycles. The Balaban J connectivity index is 4.00. The molecule has 0 bridgehead atoms. The molecule has 0 saturated carbocycles. The van der Waals surface area contributed by atoms with Crippen LogP contribution in [-0.2, 0) is 0 Å². The topological polar surface area (TPSA) is 12.4 Å². The van der Waals surface area contributed by atoms with Crippen molar-refractivity contribution in [2.24, 2.45) is 4.99 Å². The van der Waals surface area contributed by atoms with Crippen molar-refractivity contribution in [1.82, 2.24) is 0 Å². The predicted molar refractivity (Wildman–Crippen MR) is 58.7 cm³/mol. The van der Waals surface area contributed by atoms with Gasteiger partial charge in [-0.05, 0) is 18.8 Å². The van der Waals surface area contributed by atoms with Crippen LogP contribution in [0.25, 0.3) is 0 Å². The number of allylic oxidation sites excluding steroid dienone is 2. The van der Waals surface area contributed by atoms with E-state index in [1.165, 1.54) is 5.57 Å². The molecule has 0 fully saturated rings. The molecule has 0 aromatic rings. The van der Waals surface area contributed by atoms with Crippen LogP contribution < -0.4 is 0 Å². The monoisotopic (exact) mass is 233 g/mol. The van der Waals surface area contributed by atoms with Crippen LogP contribution in [0, 0.1) is 0 Å². The van der Waals surface area contributed by atoms with Crippen molar-refractivity contribution in [3.05, 3.63) is 23.3 Å². The highest BCUT2D eigenvalue weighted by Crippen LogP contribution is 2.09. The van der Waals surface area contributed by atoms with Gasteiger partial charge < -0.3 is 0 Å².